The van der Waals surface area contributed by atoms with E-state index < -0.39 is 6.09 Å². The Balaban J connectivity index is 2.28. The molecule has 1 aromatic carbocycles. The lowest BCUT2D eigenvalue weighted by Gasteiger charge is -2.10. The highest BCUT2D eigenvalue weighted by atomic mass is 32.2. The van der Waals surface area contributed by atoms with Crippen molar-refractivity contribution in [2.75, 3.05) is 24.9 Å². The van der Waals surface area contributed by atoms with E-state index >= 15 is 0 Å². The Morgan fingerprint density at radius 1 is 1.41 bits per heavy atom. The van der Waals surface area contributed by atoms with Crippen LogP contribution in [0.25, 0.3) is 0 Å². The standard InChI is InChI=1S/C11H16N2O3S/c1-3-16-11(14)13-17-8-12-9-6-4-5-7-10(9)15-2/h4-7,12H,3,8H2,1-2H3,(H,13,14). The van der Waals surface area contributed by atoms with Crippen LogP contribution in [0, 0.1) is 0 Å². The van der Waals surface area contributed by atoms with E-state index in [1.165, 1.54) is 11.9 Å². The molecule has 94 valence electrons. The van der Waals surface area contributed by atoms with Gasteiger partial charge in [-0.15, -0.1) is 0 Å². The molecule has 0 saturated heterocycles. The van der Waals surface area contributed by atoms with Crippen LogP contribution in [0.1, 0.15) is 6.92 Å². The molecule has 1 rings (SSSR count). The summed E-state index contributed by atoms with van der Waals surface area (Å²) in [6, 6.07) is 7.58. The molecule has 0 fully saturated rings. The Morgan fingerprint density at radius 2 is 2.18 bits per heavy atom. The van der Waals surface area contributed by atoms with Crippen molar-refractivity contribution in [3.63, 3.8) is 0 Å². The van der Waals surface area contributed by atoms with E-state index in [9.17, 15) is 4.79 Å². The summed E-state index contributed by atoms with van der Waals surface area (Å²) in [7, 11) is 1.62. The first-order valence-electron chi connectivity index (χ1n) is 5.19. The third kappa shape index (κ3) is 4.86. The van der Waals surface area contributed by atoms with Crippen molar-refractivity contribution >= 4 is 23.7 Å². The molecular formula is C11H16N2O3S. The molecule has 2 N–H and O–H groups in total. The van der Waals surface area contributed by atoms with Crippen molar-refractivity contribution in [2.24, 2.45) is 0 Å². The van der Waals surface area contributed by atoms with Crippen molar-refractivity contribution in [3.8, 4) is 5.75 Å². The van der Waals surface area contributed by atoms with Gasteiger partial charge >= 0.3 is 6.09 Å². The van der Waals surface area contributed by atoms with E-state index in [0.717, 1.165) is 11.4 Å². The normalized spacial score (nSPS) is 9.53. The topological polar surface area (TPSA) is 59.6 Å². The number of rotatable bonds is 6. The Labute approximate surface area is 105 Å². The second-order valence-electron chi connectivity index (χ2n) is 2.99. The highest BCUT2D eigenvalue weighted by Gasteiger charge is 2.02. The summed E-state index contributed by atoms with van der Waals surface area (Å²) in [5, 5.41) is 3.13. The van der Waals surface area contributed by atoms with Crippen molar-refractivity contribution in [1.82, 2.24) is 4.72 Å². The van der Waals surface area contributed by atoms with Crippen LogP contribution >= 0.6 is 11.9 Å². The van der Waals surface area contributed by atoms with Crippen LogP contribution in [0.3, 0.4) is 0 Å². The van der Waals surface area contributed by atoms with Gasteiger partial charge in [-0.3, -0.25) is 4.72 Å². The maximum atomic E-state index is 11.0. The van der Waals surface area contributed by atoms with Crippen LogP contribution in [-0.2, 0) is 4.74 Å². The predicted octanol–water partition coefficient (Wildman–Crippen LogP) is 2.46. The van der Waals surface area contributed by atoms with Crippen molar-refractivity contribution in [3.05, 3.63) is 24.3 Å². The molecule has 0 bridgehead atoms. The number of hydrogen-bond donors (Lipinski definition) is 2. The highest BCUT2D eigenvalue weighted by Crippen LogP contribution is 2.23. The summed E-state index contributed by atoms with van der Waals surface area (Å²) in [5.74, 6) is 1.29. The lowest BCUT2D eigenvalue weighted by Crippen LogP contribution is -2.19. The molecule has 0 aliphatic rings. The molecule has 0 unspecified atom stereocenters. The molecule has 1 aromatic rings. The average molecular weight is 256 g/mol. The number of carbonyl (C=O) groups excluding carboxylic acids is 1. The second-order valence-corrected chi connectivity index (χ2v) is 3.77. The van der Waals surface area contributed by atoms with Crippen LogP contribution in [0.5, 0.6) is 5.75 Å². The Kier molecular flexibility index (Phi) is 6.09. The van der Waals surface area contributed by atoms with Crippen LogP contribution < -0.4 is 14.8 Å². The monoisotopic (exact) mass is 256 g/mol. The molecule has 6 heteroatoms. The molecule has 0 heterocycles. The zero-order valence-corrected chi connectivity index (χ0v) is 10.7. The molecular weight excluding hydrogens is 240 g/mol. The Bertz CT molecular complexity index is 360. The van der Waals surface area contributed by atoms with Gasteiger partial charge in [-0.05, 0) is 31.0 Å². The molecule has 0 spiro atoms. The van der Waals surface area contributed by atoms with Crippen LogP contribution in [0.15, 0.2) is 24.3 Å². The van der Waals surface area contributed by atoms with Gasteiger partial charge < -0.3 is 14.8 Å². The van der Waals surface area contributed by atoms with Gasteiger partial charge in [-0.25, -0.2) is 4.79 Å². The third-order valence-corrected chi connectivity index (χ3v) is 2.47. The molecule has 0 radical (unpaired) electrons. The number of amides is 1. The van der Waals surface area contributed by atoms with Gasteiger partial charge in [0.2, 0.25) is 0 Å². The fourth-order valence-corrected chi connectivity index (χ4v) is 1.64. The molecule has 0 aliphatic heterocycles. The Morgan fingerprint density at radius 3 is 2.88 bits per heavy atom. The molecule has 0 atom stereocenters. The molecule has 17 heavy (non-hydrogen) atoms. The number of carbonyl (C=O) groups is 1. The lowest BCUT2D eigenvalue weighted by atomic mass is 10.3. The summed E-state index contributed by atoms with van der Waals surface area (Å²) in [4.78, 5) is 11.0. The van der Waals surface area contributed by atoms with Crippen molar-refractivity contribution < 1.29 is 14.3 Å². The van der Waals surface area contributed by atoms with Gasteiger partial charge in [0.15, 0.2) is 0 Å². The summed E-state index contributed by atoms with van der Waals surface area (Å²) in [6.45, 7) is 2.13. The molecule has 1 amide bonds. The maximum Gasteiger partial charge on any atom is 0.417 e. The molecule has 5 nitrogen and oxygen atoms in total. The lowest BCUT2D eigenvalue weighted by molar-refractivity contribution is 0.159. The number of hydrogen-bond acceptors (Lipinski definition) is 5. The number of nitrogens with one attached hydrogen (secondary N) is 2. The zero-order chi connectivity index (χ0) is 12.5. The summed E-state index contributed by atoms with van der Waals surface area (Å²) in [5.41, 5.74) is 0.883. The van der Waals surface area contributed by atoms with E-state index in [2.05, 4.69) is 10.0 Å². The molecule has 0 aromatic heterocycles. The highest BCUT2D eigenvalue weighted by molar-refractivity contribution is 7.97. The van der Waals surface area contributed by atoms with E-state index in [4.69, 9.17) is 9.47 Å². The van der Waals surface area contributed by atoms with Crippen LogP contribution in [0.4, 0.5) is 10.5 Å². The summed E-state index contributed by atoms with van der Waals surface area (Å²) < 4.78 is 12.4. The van der Waals surface area contributed by atoms with E-state index in [-0.39, 0.29) is 0 Å². The van der Waals surface area contributed by atoms with Gasteiger partial charge in [-0.1, -0.05) is 12.1 Å². The zero-order valence-electron chi connectivity index (χ0n) is 9.86. The number of ether oxygens (including phenoxy) is 2. The second kappa shape index (κ2) is 7.67. The summed E-state index contributed by atoms with van der Waals surface area (Å²) in [6.07, 6.45) is -0.431. The summed E-state index contributed by atoms with van der Waals surface area (Å²) >= 11 is 1.22. The Hall–Kier alpha value is -1.56. The van der Waals surface area contributed by atoms with Gasteiger partial charge in [0, 0.05) is 0 Å². The predicted molar refractivity (Wildman–Crippen MR) is 69.2 cm³/mol. The first-order chi connectivity index (χ1) is 8.27. The van der Waals surface area contributed by atoms with E-state index in [1.807, 2.05) is 24.3 Å². The number of methoxy groups -OCH3 is 1. The van der Waals surface area contributed by atoms with Crippen LogP contribution in [-0.4, -0.2) is 25.7 Å². The maximum absolute atomic E-state index is 11.0. The first-order valence-corrected chi connectivity index (χ1v) is 6.18. The third-order valence-electron chi connectivity index (χ3n) is 1.87. The van der Waals surface area contributed by atoms with Gasteiger partial charge in [-0.2, -0.15) is 0 Å². The largest absolute Gasteiger partial charge is 0.495 e. The van der Waals surface area contributed by atoms with E-state index in [0.29, 0.717) is 12.5 Å². The van der Waals surface area contributed by atoms with Crippen molar-refractivity contribution in [1.29, 1.82) is 0 Å². The quantitative estimate of drug-likeness (QED) is 0.465. The minimum Gasteiger partial charge on any atom is -0.495 e. The van der Waals surface area contributed by atoms with E-state index in [1.54, 1.807) is 14.0 Å². The minimum atomic E-state index is -0.431. The number of para-hydroxylation sites is 2. The average Bonchev–Trinajstić information content (AvgIpc) is 2.35. The first kappa shape index (κ1) is 13.5. The number of anilines is 1. The van der Waals surface area contributed by atoms with Crippen molar-refractivity contribution in [2.45, 2.75) is 6.92 Å². The van der Waals surface area contributed by atoms with Gasteiger partial charge in [0.05, 0.1) is 25.3 Å². The fraction of sp³-hybridized carbons (Fsp3) is 0.364. The van der Waals surface area contributed by atoms with Gasteiger partial charge in [0.25, 0.3) is 0 Å². The SMILES string of the molecule is CCOC(=O)NSCNc1ccccc1OC. The fourth-order valence-electron chi connectivity index (χ4n) is 1.16. The number of benzene rings is 1. The molecule has 0 aliphatic carbocycles. The molecule has 0 saturated carbocycles. The van der Waals surface area contributed by atoms with Gasteiger partial charge in [0.1, 0.15) is 5.75 Å². The smallest absolute Gasteiger partial charge is 0.417 e. The minimum absolute atomic E-state index is 0.367. The van der Waals surface area contributed by atoms with Crippen LogP contribution in [0.2, 0.25) is 0 Å².